The first-order valence-electron chi connectivity index (χ1n) is 10.7. The molecule has 8 nitrogen and oxygen atoms in total. The first kappa shape index (κ1) is 27.9. The van der Waals surface area contributed by atoms with Crippen LogP contribution in [0.4, 0.5) is 28.6 Å². The van der Waals surface area contributed by atoms with Crippen LogP contribution >= 0.6 is 0 Å². The molecule has 1 aliphatic heterocycles. The second-order valence-corrected chi connectivity index (χ2v) is 13.0. The van der Waals surface area contributed by atoms with E-state index in [4.69, 9.17) is 4.74 Å². The second-order valence-electron chi connectivity index (χ2n) is 10.1. The van der Waals surface area contributed by atoms with Crippen LogP contribution in [0.5, 0.6) is 0 Å². The van der Waals surface area contributed by atoms with Crippen LogP contribution in [0.25, 0.3) is 0 Å². The molecule has 12 heteroatoms. The van der Waals surface area contributed by atoms with Gasteiger partial charge in [-0.15, -0.1) is 0 Å². The van der Waals surface area contributed by atoms with Crippen LogP contribution in [0, 0.1) is 5.41 Å². The predicted octanol–water partition coefficient (Wildman–Crippen LogP) is 4.48. The predicted molar refractivity (Wildman–Crippen MR) is 121 cm³/mol. The number of carboxylic acid groups (broad SMARTS) is 1. The van der Waals surface area contributed by atoms with Crippen LogP contribution in [-0.4, -0.2) is 73.1 Å². The number of ether oxygens (including phenoxy) is 1. The van der Waals surface area contributed by atoms with E-state index in [0.717, 1.165) is 12.5 Å². The van der Waals surface area contributed by atoms with Gasteiger partial charge < -0.3 is 0 Å². The van der Waals surface area contributed by atoms with Gasteiger partial charge in [0.25, 0.3) is 0 Å². The third kappa shape index (κ3) is 7.35. The van der Waals surface area contributed by atoms with Crippen LogP contribution in [-0.2, 0) is 4.74 Å². The van der Waals surface area contributed by atoms with E-state index in [2.05, 4.69) is 10.3 Å². The molecule has 2 heterocycles. The van der Waals surface area contributed by atoms with Crippen molar-refractivity contribution >= 4 is 44.0 Å². The van der Waals surface area contributed by atoms with Gasteiger partial charge in [0.1, 0.15) is 0 Å². The summed E-state index contributed by atoms with van der Waals surface area (Å²) in [6, 6.07) is 2.04. The number of ketones is 1. The quantitative estimate of drug-likeness (QED) is 0.425. The van der Waals surface area contributed by atoms with E-state index in [9.17, 15) is 32.7 Å². The van der Waals surface area contributed by atoms with E-state index in [1.165, 1.54) is 11.0 Å². The number of nitrogens with one attached hydrogen (secondary N) is 1. The molecule has 2 rings (SSSR count). The van der Waals surface area contributed by atoms with E-state index < -0.39 is 56.9 Å². The van der Waals surface area contributed by atoms with Gasteiger partial charge in [0.2, 0.25) is 0 Å². The molecule has 0 bridgehead atoms. The van der Waals surface area contributed by atoms with Gasteiger partial charge in [0.05, 0.1) is 0 Å². The number of likely N-dealkylation sites (tertiary alicyclic amines) is 1. The Bertz CT molecular complexity index is 941. The molecular weight excluding hydrogens is 518 g/mol. The van der Waals surface area contributed by atoms with Crippen LogP contribution in [0.3, 0.4) is 0 Å². The van der Waals surface area contributed by atoms with Crippen molar-refractivity contribution in [2.75, 3.05) is 11.9 Å². The molecule has 189 valence electrons. The van der Waals surface area contributed by atoms with Gasteiger partial charge in [0, 0.05) is 0 Å². The number of alkyl halides is 3. The summed E-state index contributed by atoms with van der Waals surface area (Å²) >= 11 is -0.802. The Morgan fingerprint density at radius 3 is 2.26 bits per heavy atom. The van der Waals surface area contributed by atoms with Gasteiger partial charge in [-0.25, -0.2) is 0 Å². The summed E-state index contributed by atoms with van der Waals surface area (Å²) < 4.78 is 44.8. The number of pyridine rings is 1. The molecule has 1 aromatic rings. The summed E-state index contributed by atoms with van der Waals surface area (Å²) in [5.41, 5.74) is -2.07. The van der Waals surface area contributed by atoms with Crippen molar-refractivity contribution in [1.82, 2.24) is 9.88 Å². The summed E-state index contributed by atoms with van der Waals surface area (Å²) in [4.78, 5) is 41.6. The SMILES string of the molecule is CC(C)(C)OC(=O)Nc1nc([As]C2CCCN(C(=O)O)C2C(C)(C)C)ccc1C(=O)C(F)(F)F. The Labute approximate surface area is 203 Å². The molecule has 2 N–H and O–H groups in total. The Balaban J connectivity index is 2.42. The number of anilines is 1. The second kappa shape index (κ2) is 10.1. The summed E-state index contributed by atoms with van der Waals surface area (Å²) in [7, 11) is 0. The molecule has 2 atom stereocenters. The summed E-state index contributed by atoms with van der Waals surface area (Å²) in [5, 5.41) is 11.9. The van der Waals surface area contributed by atoms with Gasteiger partial charge in [-0.2, -0.15) is 0 Å². The van der Waals surface area contributed by atoms with E-state index in [-0.39, 0.29) is 16.2 Å². The number of rotatable bonds is 4. The number of Topliss-reactive ketones (excluding diaryl/α,β-unsaturated/α-hetero) is 1. The Morgan fingerprint density at radius 1 is 1.15 bits per heavy atom. The fourth-order valence-electron chi connectivity index (χ4n) is 3.89. The van der Waals surface area contributed by atoms with E-state index in [0.29, 0.717) is 17.4 Å². The number of nitrogens with zero attached hydrogens (tertiary/aromatic N) is 2. The molecule has 2 amide bonds. The zero-order chi connectivity index (χ0) is 26.1. The molecule has 0 spiro atoms. The zero-order valence-electron chi connectivity index (χ0n) is 20.0. The fraction of sp³-hybridized carbons (Fsp3) is 0.636. The van der Waals surface area contributed by atoms with Crippen LogP contribution in [0.15, 0.2) is 12.1 Å². The van der Waals surface area contributed by atoms with E-state index in [1.807, 2.05) is 20.8 Å². The van der Waals surface area contributed by atoms with Crippen molar-refractivity contribution < 1.29 is 37.4 Å². The van der Waals surface area contributed by atoms with E-state index >= 15 is 0 Å². The first-order valence-corrected chi connectivity index (χ1v) is 12.8. The zero-order valence-corrected chi connectivity index (χ0v) is 21.9. The monoisotopic (exact) mass is 548 g/mol. The maximum atomic E-state index is 13.1. The molecule has 1 radical (unpaired) electrons. The van der Waals surface area contributed by atoms with E-state index in [1.54, 1.807) is 20.8 Å². The van der Waals surface area contributed by atoms with Crippen molar-refractivity contribution in [3.8, 4) is 0 Å². The first-order chi connectivity index (χ1) is 15.4. The summed E-state index contributed by atoms with van der Waals surface area (Å²) in [5.74, 6) is -2.65. The summed E-state index contributed by atoms with van der Waals surface area (Å²) in [6.45, 7) is 11.0. The molecular formula is C22H30AsF3N3O5. The topological polar surface area (TPSA) is 109 Å². The number of halogens is 3. The summed E-state index contributed by atoms with van der Waals surface area (Å²) in [6.07, 6.45) is -5.80. The number of piperidine rings is 1. The van der Waals surface area contributed by atoms with Crippen LogP contribution < -0.4 is 9.80 Å². The molecule has 34 heavy (non-hydrogen) atoms. The van der Waals surface area contributed by atoms with Gasteiger partial charge in [-0.05, 0) is 0 Å². The van der Waals surface area contributed by atoms with Crippen molar-refractivity contribution in [1.29, 1.82) is 0 Å². The molecule has 1 aliphatic rings. The molecule has 1 fully saturated rings. The third-order valence-corrected chi connectivity index (χ3v) is 7.94. The molecule has 1 aromatic heterocycles. The molecule has 0 aliphatic carbocycles. The van der Waals surface area contributed by atoms with Crippen molar-refractivity contribution in [2.24, 2.45) is 5.41 Å². The standard InChI is InChI=1S/C22H30AsF3N3O5/c1-20(2,3)15-13(8-7-11-29(15)19(32)33)23-14-10-9-12(16(30)22(24,25)26)17(27-14)28-18(31)34-21(4,5)6/h9-10,13,15H,7-8,11H2,1-6H3,(H,32,33)(H,27,28,31). The molecule has 0 saturated carbocycles. The average Bonchev–Trinajstić information content (AvgIpc) is 2.64. The molecule has 2 unspecified atom stereocenters. The normalized spacial score (nSPS) is 19.9. The Hall–Kier alpha value is -2.29. The Morgan fingerprint density at radius 2 is 1.76 bits per heavy atom. The number of aromatic nitrogens is 1. The van der Waals surface area contributed by atoms with Crippen molar-refractivity contribution in [3.63, 3.8) is 0 Å². The number of hydrogen-bond donors (Lipinski definition) is 2. The van der Waals surface area contributed by atoms with Gasteiger partial charge in [0.15, 0.2) is 0 Å². The fourth-order valence-corrected chi connectivity index (χ4v) is 7.50. The average molecular weight is 548 g/mol. The Kier molecular flexibility index (Phi) is 8.33. The maximum absolute atomic E-state index is 13.1. The van der Waals surface area contributed by atoms with Gasteiger partial charge in [-0.3, -0.25) is 0 Å². The molecule has 1 saturated heterocycles. The number of carbonyl (C=O) groups is 3. The third-order valence-electron chi connectivity index (χ3n) is 5.03. The van der Waals surface area contributed by atoms with Gasteiger partial charge >= 0.3 is 203 Å². The molecule has 0 aromatic carbocycles. The minimum absolute atomic E-state index is 0.0628. The van der Waals surface area contributed by atoms with Crippen LogP contribution in [0.1, 0.15) is 64.7 Å². The number of hydrogen-bond acceptors (Lipinski definition) is 5. The number of amides is 2. The minimum atomic E-state index is -5.15. The van der Waals surface area contributed by atoms with Crippen molar-refractivity contribution in [2.45, 2.75) is 76.9 Å². The number of carbonyl (C=O) groups excluding carboxylic acids is 2. The van der Waals surface area contributed by atoms with Crippen LogP contribution in [0.2, 0.25) is 4.71 Å². The van der Waals surface area contributed by atoms with Crippen molar-refractivity contribution in [3.05, 3.63) is 17.7 Å². The van der Waals surface area contributed by atoms with Gasteiger partial charge in [-0.1, -0.05) is 0 Å².